The van der Waals surface area contributed by atoms with Gasteiger partial charge in [0.1, 0.15) is 0 Å². The van der Waals surface area contributed by atoms with Crippen molar-refractivity contribution in [1.82, 2.24) is 15.2 Å². The second-order valence-electron chi connectivity index (χ2n) is 6.06. The molecule has 1 aromatic heterocycles. The fraction of sp³-hybridized carbons (Fsp3) is 0.158. The predicted molar refractivity (Wildman–Crippen MR) is 100 cm³/mol. The van der Waals surface area contributed by atoms with E-state index in [0.29, 0.717) is 16.5 Å². The van der Waals surface area contributed by atoms with Crippen LogP contribution in [0.4, 0.5) is 5.69 Å². The maximum Gasteiger partial charge on any atom is 0.231 e. The van der Waals surface area contributed by atoms with E-state index in [1.165, 1.54) is 11.8 Å². The third-order valence-corrected chi connectivity index (χ3v) is 5.18. The topological polar surface area (TPSA) is 87.7 Å². The highest BCUT2D eigenvalue weighted by molar-refractivity contribution is 7.99. The maximum atomic E-state index is 12.5. The quantitative estimate of drug-likeness (QED) is 0.534. The van der Waals surface area contributed by atoms with Gasteiger partial charge in [0, 0.05) is 16.8 Å². The van der Waals surface area contributed by atoms with Crippen molar-refractivity contribution in [2.24, 2.45) is 0 Å². The van der Waals surface area contributed by atoms with Crippen LogP contribution in [0.3, 0.4) is 0 Å². The molecule has 3 aromatic rings. The molecule has 0 saturated heterocycles. The van der Waals surface area contributed by atoms with Gasteiger partial charge in [-0.1, -0.05) is 42.1 Å². The Kier molecular flexibility index (Phi) is 4.30. The van der Waals surface area contributed by atoms with Crippen LogP contribution in [-0.2, 0) is 4.79 Å². The molecule has 2 aromatic carbocycles. The largest absolute Gasteiger partial charge is 0.325 e. The van der Waals surface area contributed by atoms with Gasteiger partial charge in [0.05, 0.1) is 11.7 Å². The summed E-state index contributed by atoms with van der Waals surface area (Å²) in [6.45, 7) is 1.84. The maximum absolute atomic E-state index is 12.5. The zero-order chi connectivity index (χ0) is 18.1. The number of benzene rings is 2. The summed E-state index contributed by atoms with van der Waals surface area (Å²) in [5, 5.41) is 10.4. The zero-order valence-electron chi connectivity index (χ0n) is 14.0. The van der Waals surface area contributed by atoms with E-state index in [1.54, 1.807) is 18.2 Å². The van der Waals surface area contributed by atoms with Crippen molar-refractivity contribution >= 4 is 29.1 Å². The minimum absolute atomic E-state index is 0.0181. The monoisotopic (exact) mass is 364 g/mol. The van der Waals surface area contributed by atoms with Crippen LogP contribution in [-0.4, -0.2) is 32.6 Å². The first-order chi connectivity index (χ1) is 12.6. The molecular weight excluding hydrogens is 348 g/mol. The number of hydrogen-bond acceptors (Lipinski definition) is 5. The highest BCUT2D eigenvalue weighted by Gasteiger charge is 2.27. The first kappa shape index (κ1) is 16.5. The smallest absolute Gasteiger partial charge is 0.231 e. The van der Waals surface area contributed by atoms with Crippen LogP contribution in [0.25, 0.3) is 11.4 Å². The lowest BCUT2D eigenvalue weighted by Crippen LogP contribution is -2.08. The lowest BCUT2D eigenvalue weighted by molar-refractivity contribution is -0.116. The molecule has 1 atom stereocenters. The van der Waals surface area contributed by atoms with Gasteiger partial charge in [-0.05, 0) is 30.7 Å². The van der Waals surface area contributed by atoms with Crippen molar-refractivity contribution < 1.29 is 9.59 Å². The van der Waals surface area contributed by atoms with E-state index in [-0.39, 0.29) is 23.4 Å². The number of ketones is 1. The number of thioether (sulfide) groups is 1. The minimum atomic E-state index is -0.230. The van der Waals surface area contributed by atoms with Gasteiger partial charge < -0.3 is 5.32 Å². The number of amides is 1. The molecular formula is C19H16N4O2S. The Labute approximate surface area is 154 Å². The molecule has 6 nitrogen and oxygen atoms in total. The second-order valence-corrected chi connectivity index (χ2v) is 7.00. The molecule has 4 rings (SSSR count). The van der Waals surface area contributed by atoms with Crippen LogP contribution >= 0.6 is 11.8 Å². The molecule has 0 aliphatic carbocycles. The summed E-state index contributed by atoms with van der Waals surface area (Å²) in [5.74, 6) is 0.632. The number of nitrogens with one attached hydrogen (secondary N) is 2. The molecule has 1 aliphatic rings. The minimum Gasteiger partial charge on any atom is -0.325 e. The number of rotatable bonds is 5. The number of fused-ring (bicyclic) bond motifs is 1. The first-order valence-electron chi connectivity index (χ1n) is 8.20. The van der Waals surface area contributed by atoms with E-state index < -0.39 is 0 Å². The Balaban J connectivity index is 1.44. The number of Topliss-reactive ketones (excluding diaryl/α,β-unsaturated/α-hetero) is 1. The third kappa shape index (κ3) is 3.13. The molecule has 130 valence electrons. The summed E-state index contributed by atoms with van der Waals surface area (Å²) in [5.41, 5.74) is 3.20. The molecule has 1 amide bonds. The van der Waals surface area contributed by atoms with E-state index in [4.69, 9.17) is 0 Å². The van der Waals surface area contributed by atoms with Gasteiger partial charge in [0.25, 0.3) is 0 Å². The average molecular weight is 364 g/mol. The lowest BCUT2D eigenvalue weighted by atomic mass is 9.99. The van der Waals surface area contributed by atoms with Gasteiger partial charge in [-0.3, -0.25) is 14.7 Å². The highest BCUT2D eigenvalue weighted by atomic mass is 32.2. The molecule has 0 unspecified atom stereocenters. The highest BCUT2D eigenvalue weighted by Crippen LogP contribution is 2.33. The number of H-pyrrole nitrogens is 1. The molecule has 0 radical (unpaired) electrons. The van der Waals surface area contributed by atoms with E-state index in [1.807, 2.05) is 37.3 Å². The van der Waals surface area contributed by atoms with Crippen LogP contribution in [0.2, 0.25) is 0 Å². The third-order valence-electron chi connectivity index (χ3n) is 4.34. The predicted octanol–water partition coefficient (Wildman–Crippen LogP) is 3.50. The molecule has 0 bridgehead atoms. The number of aromatic amines is 1. The number of nitrogens with zero attached hydrogens (tertiary/aromatic N) is 2. The summed E-state index contributed by atoms with van der Waals surface area (Å²) in [6, 6.07) is 15.0. The summed E-state index contributed by atoms with van der Waals surface area (Å²) >= 11 is 1.29. The van der Waals surface area contributed by atoms with Crippen LogP contribution in [0.5, 0.6) is 0 Å². The van der Waals surface area contributed by atoms with Crippen molar-refractivity contribution in [2.75, 3.05) is 11.1 Å². The average Bonchev–Trinajstić information content (AvgIpc) is 3.25. The van der Waals surface area contributed by atoms with Gasteiger partial charge in [0.15, 0.2) is 11.6 Å². The summed E-state index contributed by atoms with van der Waals surface area (Å²) < 4.78 is 0. The fourth-order valence-corrected chi connectivity index (χ4v) is 3.53. The van der Waals surface area contributed by atoms with E-state index in [0.717, 1.165) is 16.8 Å². The van der Waals surface area contributed by atoms with Gasteiger partial charge in [0.2, 0.25) is 11.1 Å². The summed E-state index contributed by atoms with van der Waals surface area (Å²) in [6.07, 6.45) is 0. The number of carbonyl (C=O) groups is 2. The molecule has 0 spiro atoms. The van der Waals surface area contributed by atoms with Gasteiger partial charge >= 0.3 is 0 Å². The number of anilines is 1. The molecule has 0 saturated carbocycles. The number of carbonyl (C=O) groups excluding carboxylic acids is 2. The standard InChI is InChI=1S/C19H16N4O2S/c1-11-14-9-13(7-8-15(14)20-18(11)25)16(24)10-26-19-21-17(22-23-19)12-5-3-2-4-6-12/h2-9,11H,10H2,1H3,(H,20,25)(H,21,22,23)/t11-/m1/s1. The second kappa shape index (κ2) is 6.76. The molecule has 1 aliphatic heterocycles. The van der Waals surface area contributed by atoms with Crippen LogP contribution < -0.4 is 5.32 Å². The lowest BCUT2D eigenvalue weighted by Gasteiger charge is -2.04. The van der Waals surface area contributed by atoms with Crippen molar-refractivity contribution in [3.05, 3.63) is 59.7 Å². The van der Waals surface area contributed by atoms with Crippen molar-refractivity contribution in [3.63, 3.8) is 0 Å². The molecule has 0 fully saturated rings. The number of hydrogen-bond donors (Lipinski definition) is 2. The zero-order valence-corrected chi connectivity index (χ0v) is 14.8. The summed E-state index contributed by atoms with van der Waals surface area (Å²) in [4.78, 5) is 28.6. The Morgan fingerprint density at radius 3 is 2.81 bits per heavy atom. The van der Waals surface area contributed by atoms with Crippen molar-refractivity contribution in [2.45, 2.75) is 18.0 Å². The Hall–Kier alpha value is -2.93. The Bertz CT molecular complexity index is 984. The van der Waals surface area contributed by atoms with Gasteiger partial charge in [-0.25, -0.2) is 4.98 Å². The van der Waals surface area contributed by atoms with Crippen LogP contribution in [0.15, 0.2) is 53.7 Å². The van der Waals surface area contributed by atoms with E-state index >= 15 is 0 Å². The molecule has 7 heteroatoms. The van der Waals surface area contributed by atoms with E-state index in [9.17, 15) is 9.59 Å². The van der Waals surface area contributed by atoms with Crippen molar-refractivity contribution in [1.29, 1.82) is 0 Å². The van der Waals surface area contributed by atoms with Crippen molar-refractivity contribution in [3.8, 4) is 11.4 Å². The Morgan fingerprint density at radius 2 is 2.00 bits per heavy atom. The van der Waals surface area contributed by atoms with Gasteiger partial charge in [-0.15, -0.1) is 5.10 Å². The fourth-order valence-electron chi connectivity index (χ4n) is 2.84. The summed E-state index contributed by atoms with van der Waals surface area (Å²) in [7, 11) is 0. The molecule has 26 heavy (non-hydrogen) atoms. The van der Waals surface area contributed by atoms with Crippen LogP contribution in [0.1, 0.15) is 28.8 Å². The Morgan fingerprint density at radius 1 is 1.19 bits per heavy atom. The van der Waals surface area contributed by atoms with Gasteiger partial charge in [-0.2, -0.15) is 0 Å². The van der Waals surface area contributed by atoms with Crippen LogP contribution in [0, 0.1) is 0 Å². The van der Waals surface area contributed by atoms with E-state index in [2.05, 4.69) is 20.5 Å². The molecule has 2 heterocycles. The normalized spacial score (nSPS) is 15.6. The first-order valence-corrected chi connectivity index (χ1v) is 9.19. The SMILES string of the molecule is C[C@H]1C(=O)Nc2ccc(C(=O)CSc3n[nH]c(-c4ccccc4)n3)cc21. The number of aromatic nitrogens is 3. The molecule has 2 N–H and O–H groups in total.